The summed E-state index contributed by atoms with van der Waals surface area (Å²) in [6.45, 7) is -0.298. The molecule has 0 saturated carbocycles. The van der Waals surface area contributed by atoms with Crippen molar-refractivity contribution in [1.82, 2.24) is 10.6 Å². The number of carbonyl (C=O) groups excluding carboxylic acids is 3. The Balaban J connectivity index is 1.77. The van der Waals surface area contributed by atoms with E-state index < -0.39 is 34.8 Å². The van der Waals surface area contributed by atoms with E-state index in [1.165, 1.54) is 7.11 Å². The molecule has 0 aromatic heterocycles. The molecule has 9 heteroatoms. The van der Waals surface area contributed by atoms with Gasteiger partial charge in [-0.05, 0) is 24.1 Å². The minimum atomic E-state index is -1.32. The quantitative estimate of drug-likeness (QED) is 0.554. The first-order valence-corrected chi connectivity index (χ1v) is 10.6. The number of esters is 1. The van der Waals surface area contributed by atoms with E-state index >= 15 is 0 Å². The van der Waals surface area contributed by atoms with Gasteiger partial charge in [-0.2, -0.15) is 0 Å². The van der Waals surface area contributed by atoms with Crippen LogP contribution in [0.15, 0.2) is 65.6 Å². The number of hydrogen-bond acceptors (Lipinski definition) is 6. The molecule has 0 aliphatic rings. The van der Waals surface area contributed by atoms with Crippen molar-refractivity contribution in [2.24, 2.45) is 0 Å². The van der Waals surface area contributed by atoms with Crippen LogP contribution in [0, 0.1) is 0 Å². The third kappa shape index (κ3) is 8.04. The zero-order valence-corrected chi connectivity index (χ0v) is 17.4. The third-order valence-electron chi connectivity index (χ3n) is 4.02. The van der Waals surface area contributed by atoms with E-state index in [2.05, 4.69) is 10.6 Å². The fourth-order valence-corrected chi connectivity index (χ4v) is 3.62. The Morgan fingerprint density at radius 1 is 1.00 bits per heavy atom. The average molecular weight is 432 g/mol. The molecular weight excluding hydrogens is 408 g/mol. The Kier molecular flexibility index (Phi) is 9.53. The van der Waals surface area contributed by atoms with E-state index in [9.17, 15) is 18.6 Å². The predicted molar refractivity (Wildman–Crippen MR) is 111 cm³/mol. The second-order valence-corrected chi connectivity index (χ2v) is 7.78. The maximum atomic E-state index is 12.3. The summed E-state index contributed by atoms with van der Waals surface area (Å²) in [7, 11) is -0.115. The van der Waals surface area contributed by atoms with Gasteiger partial charge in [-0.1, -0.05) is 48.5 Å². The highest BCUT2D eigenvalue weighted by Crippen LogP contribution is 2.08. The van der Waals surface area contributed by atoms with Gasteiger partial charge in [0.05, 0.1) is 17.9 Å². The lowest BCUT2D eigenvalue weighted by Gasteiger charge is -2.16. The lowest BCUT2D eigenvalue weighted by Crippen LogP contribution is -2.46. The van der Waals surface area contributed by atoms with Crippen molar-refractivity contribution in [2.45, 2.75) is 24.0 Å². The van der Waals surface area contributed by atoms with Crippen LogP contribution in [-0.4, -0.2) is 47.6 Å². The van der Waals surface area contributed by atoms with Gasteiger partial charge in [0.2, 0.25) is 5.91 Å². The van der Waals surface area contributed by atoms with Gasteiger partial charge in [-0.3, -0.25) is 9.00 Å². The monoisotopic (exact) mass is 432 g/mol. The standard InChI is InChI=1S/C21H24N2O6S/c1-28-20(25)18(12-13-30(27)17-10-6-3-7-11-17)23-19(24)14-22-21(26)29-15-16-8-4-2-5-9-16/h2-11,18H,12-15H2,1H3,(H,22,26)(H,23,24)/t18-,30+/m0/s1. The highest BCUT2D eigenvalue weighted by atomic mass is 32.2. The molecule has 0 aliphatic heterocycles. The smallest absolute Gasteiger partial charge is 0.407 e. The molecule has 0 bridgehead atoms. The highest BCUT2D eigenvalue weighted by Gasteiger charge is 2.22. The van der Waals surface area contributed by atoms with Crippen molar-refractivity contribution in [3.8, 4) is 0 Å². The van der Waals surface area contributed by atoms with Gasteiger partial charge < -0.3 is 20.1 Å². The highest BCUT2D eigenvalue weighted by molar-refractivity contribution is 7.85. The van der Waals surface area contributed by atoms with Crippen LogP contribution in [0.4, 0.5) is 4.79 Å². The Labute approximate surface area is 177 Å². The lowest BCUT2D eigenvalue weighted by molar-refractivity contribution is -0.145. The van der Waals surface area contributed by atoms with Gasteiger partial charge in [0.25, 0.3) is 0 Å². The van der Waals surface area contributed by atoms with Crippen molar-refractivity contribution in [1.29, 1.82) is 0 Å². The number of nitrogens with one attached hydrogen (secondary N) is 2. The van der Waals surface area contributed by atoms with Gasteiger partial charge in [0.1, 0.15) is 19.2 Å². The first kappa shape index (κ1) is 23.1. The molecule has 2 N–H and O–H groups in total. The van der Waals surface area contributed by atoms with Gasteiger partial charge in [-0.25, -0.2) is 9.59 Å². The van der Waals surface area contributed by atoms with Crippen LogP contribution < -0.4 is 10.6 Å². The molecule has 30 heavy (non-hydrogen) atoms. The minimum absolute atomic E-state index is 0.0738. The Morgan fingerprint density at radius 2 is 1.63 bits per heavy atom. The number of amides is 2. The van der Waals surface area contributed by atoms with Crippen LogP contribution in [0.5, 0.6) is 0 Å². The number of alkyl carbamates (subject to hydrolysis) is 1. The Bertz CT molecular complexity index is 860. The molecule has 160 valence electrons. The summed E-state index contributed by atoms with van der Waals surface area (Å²) in [6.07, 6.45) is -0.632. The Hall–Kier alpha value is -3.20. The van der Waals surface area contributed by atoms with E-state index in [4.69, 9.17) is 9.47 Å². The van der Waals surface area contributed by atoms with Crippen molar-refractivity contribution < 1.29 is 28.1 Å². The molecule has 2 atom stereocenters. The van der Waals surface area contributed by atoms with Gasteiger partial charge in [0, 0.05) is 10.6 Å². The van der Waals surface area contributed by atoms with E-state index in [1.807, 2.05) is 24.3 Å². The van der Waals surface area contributed by atoms with Gasteiger partial charge in [-0.15, -0.1) is 0 Å². The van der Waals surface area contributed by atoms with Crippen LogP contribution in [0.3, 0.4) is 0 Å². The zero-order chi connectivity index (χ0) is 21.8. The lowest BCUT2D eigenvalue weighted by atomic mass is 10.2. The molecule has 0 aliphatic carbocycles. The summed E-state index contributed by atoms with van der Waals surface area (Å²) in [5, 5.41) is 4.81. The van der Waals surface area contributed by atoms with Gasteiger partial charge >= 0.3 is 12.1 Å². The van der Waals surface area contributed by atoms with Crippen LogP contribution >= 0.6 is 0 Å². The molecule has 2 aromatic carbocycles. The topological polar surface area (TPSA) is 111 Å². The van der Waals surface area contributed by atoms with Crippen LogP contribution in [0.2, 0.25) is 0 Å². The normalized spacial score (nSPS) is 12.3. The van der Waals surface area contributed by atoms with Crippen LogP contribution in [0.1, 0.15) is 12.0 Å². The van der Waals surface area contributed by atoms with Crippen molar-refractivity contribution in [2.75, 3.05) is 19.4 Å². The molecule has 0 fully saturated rings. The molecule has 0 unspecified atom stereocenters. The fraction of sp³-hybridized carbons (Fsp3) is 0.286. The summed E-state index contributed by atoms with van der Waals surface area (Å²) < 4.78 is 22.0. The number of rotatable bonds is 10. The largest absolute Gasteiger partial charge is 0.467 e. The molecule has 2 aromatic rings. The fourth-order valence-electron chi connectivity index (χ4n) is 2.48. The van der Waals surface area contributed by atoms with Gasteiger partial charge in [0.15, 0.2) is 0 Å². The van der Waals surface area contributed by atoms with Crippen molar-refractivity contribution in [3.05, 3.63) is 66.2 Å². The van der Waals surface area contributed by atoms with E-state index in [0.29, 0.717) is 4.90 Å². The second-order valence-electron chi connectivity index (χ2n) is 6.21. The zero-order valence-electron chi connectivity index (χ0n) is 16.5. The molecule has 0 radical (unpaired) electrons. The van der Waals surface area contributed by atoms with Crippen LogP contribution in [0.25, 0.3) is 0 Å². The van der Waals surface area contributed by atoms with E-state index in [0.717, 1.165) is 5.56 Å². The number of ether oxygens (including phenoxy) is 2. The maximum Gasteiger partial charge on any atom is 0.407 e. The summed E-state index contributed by atoms with van der Waals surface area (Å²) in [5.41, 5.74) is 0.814. The first-order valence-electron chi connectivity index (χ1n) is 9.24. The molecule has 0 heterocycles. The van der Waals surface area contributed by atoms with E-state index in [1.54, 1.807) is 36.4 Å². The minimum Gasteiger partial charge on any atom is -0.467 e. The first-order chi connectivity index (χ1) is 14.5. The Morgan fingerprint density at radius 3 is 2.27 bits per heavy atom. The molecule has 2 amide bonds. The molecule has 8 nitrogen and oxygen atoms in total. The third-order valence-corrected chi connectivity index (χ3v) is 5.43. The van der Waals surface area contributed by atoms with Crippen molar-refractivity contribution in [3.63, 3.8) is 0 Å². The van der Waals surface area contributed by atoms with Crippen LogP contribution in [-0.2, 0) is 36.5 Å². The van der Waals surface area contributed by atoms with Crippen molar-refractivity contribution >= 4 is 28.8 Å². The second kappa shape index (κ2) is 12.4. The summed E-state index contributed by atoms with van der Waals surface area (Å²) in [6, 6.07) is 16.9. The average Bonchev–Trinajstić information content (AvgIpc) is 2.79. The molecule has 0 spiro atoms. The predicted octanol–water partition coefficient (Wildman–Crippen LogP) is 1.77. The summed E-state index contributed by atoms with van der Waals surface area (Å²) in [4.78, 5) is 36.4. The maximum absolute atomic E-state index is 12.3. The molecular formula is C21H24N2O6S. The summed E-state index contributed by atoms with van der Waals surface area (Å²) in [5.74, 6) is -1.08. The number of hydrogen-bond donors (Lipinski definition) is 2. The number of benzene rings is 2. The SMILES string of the molecule is COC(=O)[C@H](CC[S@@](=O)c1ccccc1)NC(=O)CNC(=O)OCc1ccccc1. The molecule has 2 rings (SSSR count). The number of carbonyl (C=O) groups is 3. The van der Waals surface area contributed by atoms with E-state index in [-0.39, 0.29) is 25.3 Å². The number of methoxy groups -OCH3 is 1. The molecule has 0 saturated heterocycles. The summed E-state index contributed by atoms with van der Waals surface area (Å²) >= 11 is 0.